The fraction of sp³-hybridized carbons (Fsp3) is 0.333. The van der Waals surface area contributed by atoms with Crippen molar-refractivity contribution in [3.63, 3.8) is 0 Å². The molecular weight excluding hydrogens is 414 g/mol. The summed E-state index contributed by atoms with van der Waals surface area (Å²) in [4.78, 5) is 15.4. The van der Waals surface area contributed by atoms with E-state index < -0.39 is 11.6 Å². The van der Waals surface area contributed by atoms with E-state index >= 15 is 0 Å². The molecule has 32 heavy (non-hydrogen) atoms. The van der Waals surface area contributed by atoms with Gasteiger partial charge in [-0.1, -0.05) is 12.1 Å². The number of halogens is 2. The highest BCUT2D eigenvalue weighted by Crippen LogP contribution is 2.28. The lowest BCUT2D eigenvalue weighted by Crippen LogP contribution is -2.36. The zero-order chi connectivity index (χ0) is 22.7. The van der Waals surface area contributed by atoms with Crippen LogP contribution in [0.2, 0.25) is 0 Å². The Bertz CT molecular complexity index is 1110. The first-order valence-electron chi connectivity index (χ1n) is 10.6. The Hall–Kier alpha value is -3.26. The van der Waals surface area contributed by atoms with Gasteiger partial charge in [0.1, 0.15) is 23.1 Å². The number of rotatable bonds is 7. The van der Waals surface area contributed by atoms with Crippen LogP contribution in [0.1, 0.15) is 34.8 Å². The summed E-state index contributed by atoms with van der Waals surface area (Å²) >= 11 is 0. The third kappa shape index (κ3) is 4.65. The lowest BCUT2D eigenvalue weighted by molar-refractivity contribution is 0.0938. The molecular formula is C24H26F2N4O2. The second-order valence-corrected chi connectivity index (χ2v) is 7.93. The smallest absolute Gasteiger partial charge is 0.255 e. The van der Waals surface area contributed by atoms with E-state index in [-0.39, 0.29) is 28.8 Å². The maximum Gasteiger partial charge on any atom is 0.255 e. The van der Waals surface area contributed by atoms with E-state index in [2.05, 4.69) is 15.3 Å². The second-order valence-electron chi connectivity index (χ2n) is 7.93. The van der Waals surface area contributed by atoms with E-state index in [0.717, 1.165) is 49.4 Å². The first-order valence-corrected chi connectivity index (χ1v) is 10.6. The van der Waals surface area contributed by atoms with Gasteiger partial charge in [-0.3, -0.25) is 14.4 Å². The van der Waals surface area contributed by atoms with Gasteiger partial charge in [0.2, 0.25) is 0 Å². The fourth-order valence-electron chi connectivity index (χ4n) is 4.18. The van der Waals surface area contributed by atoms with Crippen molar-refractivity contribution in [1.82, 2.24) is 20.0 Å². The molecule has 1 aliphatic rings. The van der Waals surface area contributed by atoms with Gasteiger partial charge >= 0.3 is 0 Å². The zero-order valence-corrected chi connectivity index (χ0v) is 18.1. The van der Waals surface area contributed by atoms with Crippen molar-refractivity contribution in [3.8, 4) is 17.0 Å². The highest BCUT2D eigenvalue weighted by molar-refractivity contribution is 5.99. The Labute approximate surface area is 185 Å². The summed E-state index contributed by atoms with van der Waals surface area (Å²) in [6, 6.07) is 11.1. The average molecular weight is 440 g/mol. The zero-order valence-electron chi connectivity index (χ0n) is 18.1. The normalized spacial score (nSPS) is 15.0. The van der Waals surface area contributed by atoms with Gasteiger partial charge in [0.15, 0.2) is 0 Å². The van der Waals surface area contributed by atoms with Crippen LogP contribution in [0.25, 0.3) is 11.3 Å². The number of aryl methyl sites for hydroxylation is 1. The number of nitrogens with one attached hydrogen (secondary N) is 1. The van der Waals surface area contributed by atoms with Crippen LogP contribution in [0.15, 0.2) is 48.7 Å². The number of likely N-dealkylation sites (tertiary alicyclic amines) is 1. The standard InChI is InChI=1S/C24H26F2N4O2/c1-29-15-20(23(28-29)19-9-8-17(25)13-21(19)26)24(31)27-14-22(30-10-3-4-11-30)16-6-5-7-18(12-16)32-2/h5-9,12-13,15,22H,3-4,10-11,14H2,1-2H3,(H,27,31). The highest BCUT2D eigenvalue weighted by atomic mass is 19.1. The van der Waals surface area contributed by atoms with Crippen molar-refractivity contribution < 1.29 is 18.3 Å². The SMILES string of the molecule is COc1cccc(C(CNC(=O)c2cn(C)nc2-c2ccc(F)cc2F)N2CCCC2)c1. The summed E-state index contributed by atoms with van der Waals surface area (Å²) in [5, 5.41) is 7.24. The van der Waals surface area contributed by atoms with Crippen molar-refractivity contribution in [2.75, 3.05) is 26.7 Å². The van der Waals surface area contributed by atoms with E-state index in [0.29, 0.717) is 6.54 Å². The Balaban J connectivity index is 1.57. The van der Waals surface area contributed by atoms with E-state index in [1.807, 2.05) is 24.3 Å². The molecule has 1 fully saturated rings. The van der Waals surface area contributed by atoms with Gasteiger partial charge in [-0.2, -0.15) is 5.10 Å². The molecule has 6 nitrogen and oxygen atoms in total. The average Bonchev–Trinajstić information content (AvgIpc) is 3.44. The first kappa shape index (κ1) is 22.0. The molecule has 168 valence electrons. The predicted molar refractivity (Wildman–Crippen MR) is 117 cm³/mol. The molecule has 8 heteroatoms. The van der Waals surface area contributed by atoms with Gasteiger partial charge in [0.05, 0.1) is 18.7 Å². The van der Waals surface area contributed by atoms with Crippen LogP contribution < -0.4 is 10.1 Å². The Morgan fingerprint density at radius 2 is 1.97 bits per heavy atom. The maximum atomic E-state index is 14.4. The van der Waals surface area contributed by atoms with Crippen LogP contribution in [0.3, 0.4) is 0 Å². The quantitative estimate of drug-likeness (QED) is 0.605. The lowest BCUT2D eigenvalue weighted by atomic mass is 10.0. The molecule has 4 rings (SSSR count). The largest absolute Gasteiger partial charge is 0.497 e. The third-order valence-corrected chi connectivity index (χ3v) is 5.78. The number of benzene rings is 2. The van der Waals surface area contributed by atoms with Gasteiger partial charge in [-0.25, -0.2) is 8.78 Å². The van der Waals surface area contributed by atoms with E-state index in [4.69, 9.17) is 4.74 Å². The molecule has 0 aliphatic carbocycles. The summed E-state index contributed by atoms with van der Waals surface area (Å²) < 4.78 is 34.5. The molecule has 1 saturated heterocycles. The summed E-state index contributed by atoms with van der Waals surface area (Å²) in [5.41, 5.74) is 1.56. The lowest BCUT2D eigenvalue weighted by Gasteiger charge is -2.28. The Kier molecular flexibility index (Phi) is 6.50. The third-order valence-electron chi connectivity index (χ3n) is 5.78. The molecule has 1 aromatic heterocycles. The summed E-state index contributed by atoms with van der Waals surface area (Å²) in [7, 11) is 3.29. The molecule has 1 N–H and O–H groups in total. The van der Waals surface area contributed by atoms with E-state index in [1.165, 1.54) is 10.7 Å². The molecule has 1 amide bonds. The number of nitrogens with zero attached hydrogens (tertiary/aromatic N) is 3. The summed E-state index contributed by atoms with van der Waals surface area (Å²) in [6.07, 6.45) is 3.78. The number of carbonyl (C=O) groups excluding carboxylic acids is 1. The Morgan fingerprint density at radius 1 is 1.19 bits per heavy atom. The van der Waals surface area contributed by atoms with Gasteiger partial charge in [0, 0.05) is 31.4 Å². The molecule has 2 aromatic carbocycles. The number of methoxy groups -OCH3 is 1. The second kappa shape index (κ2) is 9.48. The van der Waals surface area contributed by atoms with Crippen molar-refractivity contribution in [2.45, 2.75) is 18.9 Å². The number of hydrogen-bond donors (Lipinski definition) is 1. The van der Waals surface area contributed by atoms with Crippen LogP contribution in [0.5, 0.6) is 5.75 Å². The molecule has 1 atom stereocenters. The number of ether oxygens (including phenoxy) is 1. The van der Waals surface area contributed by atoms with Crippen molar-refractivity contribution in [3.05, 3.63) is 71.4 Å². The Morgan fingerprint density at radius 3 is 2.69 bits per heavy atom. The monoisotopic (exact) mass is 440 g/mol. The number of aromatic nitrogens is 2. The van der Waals surface area contributed by atoms with Gasteiger partial charge < -0.3 is 10.1 Å². The van der Waals surface area contributed by atoms with Crippen LogP contribution in [-0.4, -0.2) is 47.3 Å². The van der Waals surface area contributed by atoms with Crippen LogP contribution in [-0.2, 0) is 7.05 Å². The minimum Gasteiger partial charge on any atom is -0.497 e. The molecule has 1 aliphatic heterocycles. The summed E-state index contributed by atoms with van der Waals surface area (Å²) in [5.74, 6) is -1.03. The van der Waals surface area contributed by atoms with Crippen LogP contribution in [0.4, 0.5) is 8.78 Å². The summed E-state index contributed by atoms with van der Waals surface area (Å²) in [6.45, 7) is 2.29. The van der Waals surface area contributed by atoms with E-state index in [1.54, 1.807) is 20.4 Å². The first-order chi connectivity index (χ1) is 15.5. The van der Waals surface area contributed by atoms with Crippen molar-refractivity contribution in [2.24, 2.45) is 7.05 Å². The molecule has 0 bridgehead atoms. The number of carbonyl (C=O) groups is 1. The molecule has 2 heterocycles. The highest BCUT2D eigenvalue weighted by Gasteiger charge is 2.26. The minimum absolute atomic E-state index is 0.0146. The molecule has 0 radical (unpaired) electrons. The van der Waals surface area contributed by atoms with Crippen molar-refractivity contribution in [1.29, 1.82) is 0 Å². The molecule has 0 spiro atoms. The van der Waals surface area contributed by atoms with Gasteiger partial charge in [-0.05, 0) is 55.8 Å². The minimum atomic E-state index is -0.760. The fourth-order valence-corrected chi connectivity index (χ4v) is 4.18. The molecule has 0 saturated carbocycles. The maximum absolute atomic E-state index is 14.4. The van der Waals surface area contributed by atoms with Crippen LogP contribution in [0, 0.1) is 11.6 Å². The number of amides is 1. The van der Waals surface area contributed by atoms with Gasteiger partial charge in [-0.15, -0.1) is 0 Å². The van der Waals surface area contributed by atoms with E-state index in [9.17, 15) is 13.6 Å². The predicted octanol–water partition coefficient (Wildman–Crippen LogP) is 3.94. The van der Waals surface area contributed by atoms with Crippen molar-refractivity contribution >= 4 is 5.91 Å². The number of hydrogen-bond acceptors (Lipinski definition) is 4. The van der Waals surface area contributed by atoms with Crippen LogP contribution >= 0.6 is 0 Å². The topological polar surface area (TPSA) is 59.4 Å². The van der Waals surface area contributed by atoms with Gasteiger partial charge in [0.25, 0.3) is 5.91 Å². The molecule has 3 aromatic rings. The molecule has 1 unspecified atom stereocenters.